The largest absolute Gasteiger partial charge is 0.383 e. The lowest BCUT2D eigenvalue weighted by atomic mass is 10.1. The van der Waals surface area contributed by atoms with Crippen LogP contribution in [0.4, 0.5) is 11.4 Å². The molecule has 0 atom stereocenters. The van der Waals surface area contributed by atoms with Crippen molar-refractivity contribution in [1.29, 1.82) is 0 Å². The standard InChI is InChI=1S/C17H22N2/c1-13-5-4-6-16(10-13)18-7-8-19-17-11-14(2)9-15(3)12-17/h4-6,9-12,18-19H,7-8H2,1-3H3. The Hall–Kier alpha value is -1.96. The fraction of sp³-hybridized carbons (Fsp3) is 0.294. The van der Waals surface area contributed by atoms with Gasteiger partial charge in [0, 0.05) is 24.5 Å². The molecule has 0 aliphatic carbocycles. The van der Waals surface area contributed by atoms with Gasteiger partial charge in [-0.25, -0.2) is 0 Å². The van der Waals surface area contributed by atoms with Crippen molar-refractivity contribution in [1.82, 2.24) is 0 Å². The smallest absolute Gasteiger partial charge is 0.0346 e. The predicted octanol–water partition coefficient (Wildman–Crippen LogP) is 4.14. The van der Waals surface area contributed by atoms with Gasteiger partial charge in [-0.3, -0.25) is 0 Å². The first-order valence-corrected chi connectivity index (χ1v) is 6.76. The lowest BCUT2D eigenvalue weighted by Gasteiger charge is -2.10. The van der Waals surface area contributed by atoms with E-state index in [4.69, 9.17) is 0 Å². The van der Waals surface area contributed by atoms with E-state index in [0.717, 1.165) is 13.1 Å². The molecule has 0 fully saturated rings. The maximum Gasteiger partial charge on any atom is 0.0346 e. The van der Waals surface area contributed by atoms with Crippen LogP contribution in [-0.4, -0.2) is 13.1 Å². The lowest BCUT2D eigenvalue weighted by Crippen LogP contribution is -2.13. The molecule has 2 nitrogen and oxygen atoms in total. The fourth-order valence-corrected chi connectivity index (χ4v) is 2.25. The number of anilines is 2. The first-order chi connectivity index (χ1) is 9.13. The van der Waals surface area contributed by atoms with Gasteiger partial charge in [0.05, 0.1) is 0 Å². The van der Waals surface area contributed by atoms with Gasteiger partial charge in [0.25, 0.3) is 0 Å². The molecule has 0 aliphatic heterocycles. The van der Waals surface area contributed by atoms with Gasteiger partial charge >= 0.3 is 0 Å². The summed E-state index contributed by atoms with van der Waals surface area (Å²) in [4.78, 5) is 0. The zero-order chi connectivity index (χ0) is 13.7. The van der Waals surface area contributed by atoms with E-state index in [-0.39, 0.29) is 0 Å². The molecule has 100 valence electrons. The summed E-state index contributed by atoms with van der Waals surface area (Å²) in [5.74, 6) is 0. The first-order valence-electron chi connectivity index (χ1n) is 6.76. The second-order valence-electron chi connectivity index (χ2n) is 5.10. The highest BCUT2D eigenvalue weighted by atomic mass is 14.9. The molecule has 19 heavy (non-hydrogen) atoms. The molecule has 0 spiro atoms. The van der Waals surface area contributed by atoms with Crippen LogP contribution >= 0.6 is 0 Å². The molecular formula is C17H22N2. The van der Waals surface area contributed by atoms with Crippen molar-refractivity contribution in [3.8, 4) is 0 Å². The van der Waals surface area contributed by atoms with Crippen LogP contribution in [0.3, 0.4) is 0 Å². The molecule has 0 heterocycles. The number of hydrogen-bond acceptors (Lipinski definition) is 2. The molecule has 0 aromatic heterocycles. The van der Waals surface area contributed by atoms with Gasteiger partial charge in [-0.2, -0.15) is 0 Å². The Bertz CT molecular complexity index is 526. The normalized spacial score (nSPS) is 10.3. The molecule has 0 saturated heterocycles. The molecule has 2 heteroatoms. The van der Waals surface area contributed by atoms with Crippen molar-refractivity contribution in [3.05, 3.63) is 59.2 Å². The molecular weight excluding hydrogens is 232 g/mol. The maximum atomic E-state index is 3.45. The lowest BCUT2D eigenvalue weighted by molar-refractivity contribution is 1.08. The predicted molar refractivity (Wildman–Crippen MR) is 84.1 cm³/mol. The highest BCUT2D eigenvalue weighted by molar-refractivity contribution is 5.49. The minimum absolute atomic E-state index is 0.913. The summed E-state index contributed by atoms with van der Waals surface area (Å²) < 4.78 is 0. The number of nitrogens with one attached hydrogen (secondary N) is 2. The van der Waals surface area contributed by atoms with Gasteiger partial charge in [-0.05, 0) is 61.7 Å². The van der Waals surface area contributed by atoms with E-state index in [1.807, 2.05) is 0 Å². The zero-order valence-electron chi connectivity index (χ0n) is 12.0. The van der Waals surface area contributed by atoms with E-state index in [9.17, 15) is 0 Å². The summed E-state index contributed by atoms with van der Waals surface area (Å²) in [5, 5.41) is 6.87. The van der Waals surface area contributed by atoms with E-state index in [1.165, 1.54) is 28.1 Å². The summed E-state index contributed by atoms with van der Waals surface area (Å²) >= 11 is 0. The maximum absolute atomic E-state index is 3.45. The number of rotatable bonds is 5. The molecule has 0 saturated carbocycles. The minimum atomic E-state index is 0.913. The van der Waals surface area contributed by atoms with Gasteiger partial charge in [0.1, 0.15) is 0 Å². The minimum Gasteiger partial charge on any atom is -0.383 e. The summed E-state index contributed by atoms with van der Waals surface area (Å²) in [6.07, 6.45) is 0. The molecule has 0 bridgehead atoms. The van der Waals surface area contributed by atoms with Crippen LogP contribution in [0.5, 0.6) is 0 Å². The number of benzene rings is 2. The first kappa shape index (κ1) is 13.5. The average Bonchev–Trinajstić information content (AvgIpc) is 2.34. The number of hydrogen-bond donors (Lipinski definition) is 2. The van der Waals surface area contributed by atoms with Crippen LogP contribution in [0.2, 0.25) is 0 Å². The van der Waals surface area contributed by atoms with Crippen LogP contribution in [0, 0.1) is 20.8 Å². The molecule has 2 N–H and O–H groups in total. The Morgan fingerprint density at radius 2 is 1.26 bits per heavy atom. The van der Waals surface area contributed by atoms with Gasteiger partial charge in [-0.15, -0.1) is 0 Å². The molecule has 0 aliphatic rings. The second kappa shape index (κ2) is 6.28. The Morgan fingerprint density at radius 3 is 1.89 bits per heavy atom. The molecule has 2 aromatic carbocycles. The van der Waals surface area contributed by atoms with E-state index >= 15 is 0 Å². The highest BCUT2D eigenvalue weighted by Crippen LogP contribution is 2.13. The van der Waals surface area contributed by atoms with Crippen molar-refractivity contribution in [2.45, 2.75) is 20.8 Å². The monoisotopic (exact) mass is 254 g/mol. The van der Waals surface area contributed by atoms with Gasteiger partial charge in [0.15, 0.2) is 0 Å². The second-order valence-corrected chi connectivity index (χ2v) is 5.10. The number of aryl methyl sites for hydroxylation is 3. The third kappa shape index (κ3) is 4.32. The van der Waals surface area contributed by atoms with Crippen molar-refractivity contribution < 1.29 is 0 Å². The van der Waals surface area contributed by atoms with Crippen LogP contribution in [-0.2, 0) is 0 Å². The van der Waals surface area contributed by atoms with Gasteiger partial charge < -0.3 is 10.6 Å². The third-order valence-electron chi connectivity index (χ3n) is 3.02. The van der Waals surface area contributed by atoms with E-state index in [0.29, 0.717) is 0 Å². The molecule has 0 radical (unpaired) electrons. The van der Waals surface area contributed by atoms with Crippen LogP contribution in [0.25, 0.3) is 0 Å². The highest BCUT2D eigenvalue weighted by Gasteiger charge is 1.95. The molecule has 0 unspecified atom stereocenters. The summed E-state index contributed by atoms with van der Waals surface area (Å²) in [7, 11) is 0. The van der Waals surface area contributed by atoms with Gasteiger partial charge in [0.2, 0.25) is 0 Å². The van der Waals surface area contributed by atoms with Crippen molar-refractivity contribution in [2.75, 3.05) is 23.7 Å². The summed E-state index contributed by atoms with van der Waals surface area (Å²) in [5.41, 5.74) is 6.27. The zero-order valence-corrected chi connectivity index (χ0v) is 12.0. The van der Waals surface area contributed by atoms with Crippen molar-refractivity contribution in [2.24, 2.45) is 0 Å². The van der Waals surface area contributed by atoms with Crippen LogP contribution < -0.4 is 10.6 Å². The quantitative estimate of drug-likeness (QED) is 0.784. The molecule has 2 aromatic rings. The molecule has 0 amide bonds. The van der Waals surface area contributed by atoms with E-state index in [2.05, 4.69) is 73.9 Å². The van der Waals surface area contributed by atoms with Crippen LogP contribution in [0.1, 0.15) is 16.7 Å². The van der Waals surface area contributed by atoms with Crippen LogP contribution in [0.15, 0.2) is 42.5 Å². The Labute approximate surface area is 115 Å². The van der Waals surface area contributed by atoms with Gasteiger partial charge in [-0.1, -0.05) is 18.2 Å². The Kier molecular flexibility index (Phi) is 4.45. The van der Waals surface area contributed by atoms with Crippen molar-refractivity contribution >= 4 is 11.4 Å². The Balaban J connectivity index is 1.80. The topological polar surface area (TPSA) is 24.1 Å². The molecule has 2 rings (SSSR count). The van der Waals surface area contributed by atoms with Crippen molar-refractivity contribution in [3.63, 3.8) is 0 Å². The van der Waals surface area contributed by atoms with E-state index in [1.54, 1.807) is 0 Å². The average molecular weight is 254 g/mol. The summed E-state index contributed by atoms with van der Waals surface area (Å²) in [6.45, 7) is 8.19. The van der Waals surface area contributed by atoms with E-state index < -0.39 is 0 Å². The Morgan fingerprint density at radius 1 is 0.684 bits per heavy atom. The summed E-state index contributed by atoms with van der Waals surface area (Å²) in [6, 6.07) is 15.0. The third-order valence-corrected chi connectivity index (χ3v) is 3.02. The SMILES string of the molecule is Cc1cccc(NCCNc2cc(C)cc(C)c2)c1. The fourth-order valence-electron chi connectivity index (χ4n) is 2.25.